The summed E-state index contributed by atoms with van der Waals surface area (Å²) < 4.78 is 5.88. The van der Waals surface area contributed by atoms with Gasteiger partial charge in [0.2, 0.25) is 17.5 Å². The lowest BCUT2D eigenvalue weighted by molar-refractivity contribution is 0.410. The van der Waals surface area contributed by atoms with E-state index in [0.717, 1.165) is 37.4 Å². The molecule has 0 atom stereocenters. The number of rotatable bonds is 3. The first kappa shape index (κ1) is 13.7. The number of aromatic nitrogens is 1. The van der Waals surface area contributed by atoms with Crippen molar-refractivity contribution in [3.05, 3.63) is 47.5 Å². The Morgan fingerprint density at radius 2 is 2.00 bits per heavy atom. The molecule has 2 aromatic rings. The summed E-state index contributed by atoms with van der Waals surface area (Å²) in [6.45, 7) is 4.15. The molecule has 4 nitrogen and oxygen atoms in total. The molecular weight excluding hydrogens is 262 g/mol. The van der Waals surface area contributed by atoms with Gasteiger partial charge in [0.05, 0.1) is 0 Å². The van der Waals surface area contributed by atoms with E-state index in [1.54, 1.807) is 0 Å². The molecule has 3 rings (SSSR count). The Morgan fingerprint density at radius 3 is 2.67 bits per heavy atom. The fourth-order valence-corrected chi connectivity index (χ4v) is 2.70. The van der Waals surface area contributed by atoms with Gasteiger partial charge in [-0.25, -0.2) is 4.98 Å². The summed E-state index contributed by atoms with van der Waals surface area (Å²) in [6.07, 6.45) is 2.90. The molecule has 21 heavy (non-hydrogen) atoms. The van der Waals surface area contributed by atoms with E-state index in [-0.39, 0.29) is 0 Å². The Labute approximate surface area is 125 Å². The highest BCUT2D eigenvalue weighted by atomic mass is 16.4. The molecule has 1 aromatic carbocycles. The fourth-order valence-electron chi connectivity index (χ4n) is 2.70. The van der Waals surface area contributed by atoms with Crippen LogP contribution in [0.1, 0.15) is 36.9 Å². The number of hydrogen-bond donors (Lipinski definition) is 0. The van der Waals surface area contributed by atoms with E-state index < -0.39 is 0 Å². The molecule has 0 N–H and O–H groups in total. The Bertz CT molecular complexity index is 634. The molecule has 1 aromatic heterocycles. The highest BCUT2D eigenvalue weighted by Gasteiger charge is 2.23. The van der Waals surface area contributed by atoms with Crippen LogP contribution in [0.15, 0.2) is 34.7 Å². The summed E-state index contributed by atoms with van der Waals surface area (Å²) in [4.78, 5) is 6.50. The molecule has 0 aliphatic carbocycles. The molecule has 0 unspecified atom stereocenters. The first-order chi connectivity index (χ1) is 10.3. The lowest BCUT2D eigenvalue weighted by atomic mass is 9.99. The van der Waals surface area contributed by atoms with Gasteiger partial charge >= 0.3 is 0 Å². The van der Waals surface area contributed by atoms with E-state index in [4.69, 9.17) is 4.42 Å². The highest BCUT2D eigenvalue weighted by Crippen LogP contribution is 2.27. The Morgan fingerprint density at radius 1 is 1.29 bits per heavy atom. The molecule has 4 heteroatoms. The minimum atomic E-state index is 0.412. The standard InChI is InChI=1S/C17H19N3O/c1-13-7-9-20(10-8-13)17-15(12-18)19-16(21-17)11-14-5-3-2-4-6-14/h2-6,13H,7-11H2,1H3. The molecule has 0 amide bonds. The number of anilines is 1. The number of benzene rings is 1. The van der Waals surface area contributed by atoms with Crippen molar-refractivity contribution in [3.8, 4) is 6.07 Å². The van der Waals surface area contributed by atoms with E-state index >= 15 is 0 Å². The predicted octanol–water partition coefficient (Wildman–Crippen LogP) is 3.37. The van der Waals surface area contributed by atoms with Crippen molar-refractivity contribution < 1.29 is 4.42 Å². The Kier molecular flexibility index (Phi) is 3.92. The van der Waals surface area contributed by atoms with Gasteiger partial charge in [0.25, 0.3) is 0 Å². The van der Waals surface area contributed by atoms with Gasteiger partial charge < -0.3 is 9.32 Å². The van der Waals surface area contributed by atoms with E-state index in [0.29, 0.717) is 23.9 Å². The second kappa shape index (κ2) is 6.01. The van der Waals surface area contributed by atoms with Crippen molar-refractivity contribution in [2.45, 2.75) is 26.2 Å². The van der Waals surface area contributed by atoms with E-state index in [9.17, 15) is 5.26 Å². The maximum Gasteiger partial charge on any atom is 0.234 e. The number of oxazole rings is 1. The summed E-state index contributed by atoms with van der Waals surface area (Å²) >= 11 is 0. The van der Waals surface area contributed by atoms with Gasteiger partial charge in [-0.3, -0.25) is 0 Å². The number of piperidine rings is 1. The number of nitriles is 1. The molecule has 108 valence electrons. The van der Waals surface area contributed by atoms with Crippen molar-refractivity contribution in [1.29, 1.82) is 5.26 Å². The minimum absolute atomic E-state index is 0.412. The normalized spacial score (nSPS) is 15.9. The van der Waals surface area contributed by atoms with Crippen LogP contribution in [-0.4, -0.2) is 18.1 Å². The monoisotopic (exact) mass is 281 g/mol. The topological polar surface area (TPSA) is 53.1 Å². The van der Waals surface area contributed by atoms with Gasteiger partial charge in [0.1, 0.15) is 6.07 Å². The molecule has 1 aliphatic heterocycles. The van der Waals surface area contributed by atoms with Gasteiger partial charge in [0.15, 0.2) is 0 Å². The molecule has 0 radical (unpaired) electrons. The van der Waals surface area contributed by atoms with Crippen LogP contribution in [0.25, 0.3) is 0 Å². The molecule has 0 saturated carbocycles. The zero-order valence-corrected chi connectivity index (χ0v) is 12.2. The minimum Gasteiger partial charge on any atom is -0.423 e. The van der Waals surface area contributed by atoms with Crippen molar-refractivity contribution in [2.24, 2.45) is 5.92 Å². The maximum absolute atomic E-state index is 9.28. The lowest BCUT2D eigenvalue weighted by Gasteiger charge is -2.29. The largest absolute Gasteiger partial charge is 0.423 e. The maximum atomic E-state index is 9.28. The molecule has 1 aliphatic rings. The van der Waals surface area contributed by atoms with E-state index in [2.05, 4.69) is 22.9 Å². The van der Waals surface area contributed by atoms with Crippen LogP contribution >= 0.6 is 0 Å². The summed E-state index contributed by atoms with van der Waals surface area (Å²) in [7, 11) is 0. The van der Waals surface area contributed by atoms with Gasteiger partial charge in [0, 0.05) is 19.5 Å². The van der Waals surface area contributed by atoms with Gasteiger partial charge in [-0.15, -0.1) is 0 Å². The first-order valence-electron chi connectivity index (χ1n) is 7.45. The van der Waals surface area contributed by atoms with Crippen LogP contribution in [0, 0.1) is 17.2 Å². The quantitative estimate of drug-likeness (QED) is 0.865. The molecule has 2 heterocycles. The fraction of sp³-hybridized carbons (Fsp3) is 0.412. The second-order valence-corrected chi connectivity index (χ2v) is 5.71. The van der Waals surface area contributed by atoms with Crippen LogP contribution < -0.4 is 4.90 Å². The van der Waals surface area contributed by atoms with Gasteiger partial charge in [-0.1, -0.05) is 37.3 Å². The third-order valence-electron chi connectivity index (χ3n) is 4.03. The third-order valence-corrected chi connectivity index (χ3v) is 4.03. The van der Waals surface area contributed by atoms with Crippen LogP contribution in [0.5, 0.6) is 0 Å². The Balaban J connectivity index is 1.80. The van der Waals surface area contributed by atoms with Crippen molar-refractivity contribution in [1.82, 2.24) is 4.98 Å². The molecular formula is C17H19N3O. The van der Waals surface area contributed by atoms with Crippen LogP contribution in [0.4, 0.5) is 5.88 Å². The zero-order valence-electron chi connectivity index (χ0n) is 12.2. The molecule has 1 saturated heterocycles. The van der Waals surface area contributed by atoms with E-state index in [1.165, 1.54) is 0 Å². The van der Waals surface area contributed by atoms with Crippen LogP contribution in [0.3, 0.4) is 0 Å². The highest BCUT2D eigenvalue weighted by molar-refractivity contribution is 5.48. The first-order valence-corrected chi connectivity index (χ1v) is 7.45. The molecule has 0 bridgehead atoms. The van der Waals surface area contributed by atoms with Crippen LogP contribution in [0.2, 0.25) is 0 Å². The van der Waals surface area contributed by atoms with Crippen molar-refractivity contribution in [3.63, 3.8) is 0 Å². The molecule has 0 spiro atoms. The van der Waals surface area contributed by atoms with Crippen molar-refractivity contribution >= 4 is 5.88 Å². The van der Waals surface area contributed by atoms with Gasteiger partial charge in [-0.2, -0.15) is 5.26 Å². The Hall–Kier alpha value is -2.28. The number of hydrogen-bond acceptors (Lipinski definition) is 4. The summed E-state index contributed by atoms with van der Waals surface area (Å²) in [5.74, 6) is 2.01. The smallest absolute Gasteiger partial charge is 0.234 e. The lowest BCUT2D eigenvalue weighted by Crippen LogP contribution is -2.32. The summed E-state index contributed by atoms with van der Waals surface area (Å²) in [6, 6.07) is 12.2. The predicted molar refractivity (Wildman–Crippen MR) is 81.1 cm³/mol. The average Bonchev–Trinajstić information content (AvgIpc) is 2.92. The third kappa shape index (κ3) is 3.08. The van der Waals surface area contributed by atoms with Crippen LogP contribution in [-0.2, 0) is 6.42 Å². The second-order valence-electron chi connectivity index (χ2n) is 5.71. The van der Waals surface area contributed by atoms with Crippen molar-refractivity contribution in [2.75, 3.05) is 18.0 Å². The zero-order chi connectivity index (χ0) is 14.7. The summed E-state index contributed by atoms with van der Waals surface area (Å²) in [5, 5.41) is 9.28. The number of nitrogens with zero attached hydrogens (tertiary/aromatic N) is 3. The molecule has 1 fully saturated rings. The summed E-state index contributed by atoms with van der Waals surface area (Å²) in [5.41, 5.74) is 1.55. The van der Waals surface area contributed by atoms with Gasteiger partial charge in [-0.05, 0) is 24.3 Å². The SMILES string of the molecule is CC1CCN(c2oc(Cc3ccccc3)nc2C#N)CC1. The average molecular weight is 281 g/mol. The van der Waals surface area contributed by atoms with E-state index in [1.807, 2.05) is 30.3 Å².